The topological polar surface area (TPSA) is 74.7 Å². The van der Waals surface area contributed by atoms with E-state index in [4.69, 9.17) is 4.74 Å². The van der Waals surface area contributed by atoms with E-state index in [1.165, 1.54) is 0 Å². The van der Waals surface area contributed by atoms with Crippen LogP contribution < -0.4 is 10.2 Å². The third-order valence-corrected chi connectivity index (χ3v) is 3.90. The number of carbonyl (C=O) groups is 1. The third-order valence-electron chi connectivity index (χ3n) is 3.90. The van der Waals surface area contributed by atoms with Crippen molar-refractivity contribution in [2.75, 3.05) is 24.7 Å². The van der Waals surface area contributed by atoms with Crippen molar-refractivity contribution in [2.24, 2.45) is 0 Å². The van der Waals surface area contributed by atoms with Gasteiger partial charge in [0.15, 0.2) is 0 Å². The Hall–Kier alpha value is -1.66. The summed E-state index contributed by atoms with van der Waals surface area (Å²) in [6.45, 7) is 3.33. The van der Waals surface area contributed by atoms with Gasteiger partial charge in [0.05, 0.1) is 19.3 Å². The van der Waals surface area contributed by atoms with Crippen molar-refractivity contribution >= 4 is 11.7 Å². The summed E-state index contributed by atoms with van der Waals surface area (Å²) in [4.78, 5) is 18.7. The second-order valence-electron chi connectivity index (χ2n) is 5.69. The minimum atomic E-state index is -0.537. The van der Waals surface area contributed by atoms with E-state index in [2.05, 4.69) is 10.3 Å². The summed E-state index contributed by atoms with van der Waals surface area (Å²) in [5, 5.41) is 12.6. The molecule has 0 aromatic carbocycles. The molecule has 1 aromatic heterocycles. The van der Waals surface area contributed by atoms with Crippen molar-refractivity contribution in [3.63, 3.8) is 0 Å². The van der Waals surface area contributed by atoms with Crippen LogP contribution in [-0.2, 0) is 9.53 Å². The van der Waals surface area contributed by atoms with Crippen molar-refractivity contribution in [3.05, 3.63) is 23.9 Å². The normalized spacial score (nSPS) is 23.7. The van der Waals surface area contributed by atoms with E-state index < -0.39 is 6.10 Å². The molecule has 2 heterocycles. The molecular formula is C15H21N3O3. The molecule has 1 aromatic rings. The predicted octanol–water partition coefficient (Wildman–Crippen LogP) is 0.619. The van der Waals surface area contributed by atoms with Crippen LogP contribution in [0, 0.1) is 0 Å². The van der Waals surface area contributed by atoms with Gasteiger partial charge in [0.2, 0.25) is 5.91 Å². The fraction of sp³-hybridized carbons (Fsp3) is 0.600. The first kappa shape index (κ1) is 14.3. The number of anilines is 1. The van der Waals surface area contributed by atoms with Gasteiger partial charge in [0.1, 0.15) is 11.9 Å². The predicted molar refractivity (Wildman–Crippen MR) is 78.0 cm³/mol. The highest BCUT2D eigenvalue weighted by atomic mass is 16.5. The molecule has 21 heavy (non-hydrogen) atoms. The standard InChI is InChI=1S/C15H21N3O3/c1-10(19)11-2-5-14(16-8-11)18-6-7-21-9-13(18)15(20)17-12-3-4-12/h2,5,8,10,12-13,19H,3-4,6-7,9H2,1H3,(H,17,20)/t10-,13?/m0/s1. The van der Waals surface area contributed by atoms with Crippen molar-refractivity contribution in [3.8, 4) is 0 Å². The lowest BCUT2D eigenvalue weighted by Gasteiger charge is -2.35. The zero-order valence-electron chi connectivity index (χ0n) is 12.2. The summed E-state index contributed by atoms with van der Waals surface area (Å²) in [6, 6.07) is 3.71. The number of ether oxygens (including phenoxy) is 1. The van der Waals surface area contributed by atoms with Gasteiger partial charge in [-0.25, -0.2) is 4.98 Å². The Morgan fingerprint density at radius 3 is 2.95 bits per heavy atom. The molecule has 1 saturated carbocycles. The monoisotopic (exact) mass is 291 g/mol. The molecular weight excluding hydrogens is 270 g/mol. The molecule has 0 radical (unpaired) electrons. The van der Waals surface area contributed by atoms with Gasteiger partial charge in [-0.1, -0.05) is 6.07 Å². The van der Waals surface area contributed by atoms with Crippen molar-refractivity contribution < 1.29 is 14.6 Å². The minimum Gasteiger partial charge on any atom is -0.389 e. The number of nitrogens with one attached hydrogen (secondary N) is 1. The van der Waals surface area contributed by atoms with Crippen LogP contribution in [0.5, 0.6) is 0 Å². The number of morpholine rings is 1. The lowest BCUT2D eigenvalue weighted by molar-refractivity contribution is -0.124. The molecule has 2 aliphatic rings. The summed E-state index contributed by atoms with van der Waals surface area (Å²) in [6.07, 6.45) is 3.26. The van der Waals surface area contributed by atoms with Crippen LogP contribution in [-0.4, -0.2) is 47.8 Å². The maximum Gasteiger partial charge on any atom is 0.245 e. The number of amides is 1. The SMILES string of the molecule is C[C@H](O)c1ccc(N2CCOCC2C(=O)NC2CC2)nc1. The highest BCUT2D eigenvalue weighted by Crippen LogP contribution is 2.22. The fourth-order valence-electron chi connectivity index (χ4n) is 2.43. The molecule has 1 amide bonds. The quantitative estimate of drug-likeness (QED) is 0.850. The van der Waals surface area contributed by atoms with Crippen LogP contribution in [0.3, 0.4) is 0 Å². The van der Waals surface area contributed by atoms with Crippen LogP contribution in [0.15, 0.2) is 18.3 Å². The van der Waals surface area contributed by atoms with Gasteiger partial charge in [-0.3, -0.25) is 4.79 Å². The Morgan fingerprint density at radius 2 is 2.33 bits per heavy atom. The number of aliphatic hydroxyl groups excluding tert-OH is 1. The van der Waals surface area contributed by atoms with Crippen LogP contribution in [0.25, 0.3) is 0 Å². The summed E-state index contributed by atoms with van der Waals surface area (Å²) < 4.78 is 5.45. The van der Waals surface area contributed by atoms with Gasteiger partial charge in [0, 0.05) is 18.8 Å². The number of aliphatic hydroxyl groups is 1. The lowest BCUT2D eigenvalue weighted by Crippen LogP contribution is -2.54. The van der Waals surface area contributed by atoms with E-state index in [1.54, 1.807) is 13.1 Å². The summed E-state index contributed by atoms with van der Waals surface area (Å²) >= 11 is 0. The van der Waals surface area contributed by atoms with Crippen LogP contribution >= 0.6 is 0 Å². The summed E-state index contributed by atoms with van der Waals surface area (Å²) in [5.74, 6) is 0.761. The third kappa shape index (κ3) is 3.33. The lowest BCUT2D eigenvalue weighted by atomic mass is 10.1. The van der Waals surface area contributed by atoms with Crippen LogP contribution in [0.4, 0.5) is 5.82 Å². The Morgan fingerprint density at radius 1 is 1.52 bits per heavy atom. The van der Waals surface area contributed by atoms with Gasteiger partial charge < -0.3 is 20.1 Å². The van der Waals surface area contributed by atoms with E-state index in [9.17, 15) is 9.90 Å². The smallest absolute Gasteiger partial charge is 0.245 e. The number of nitrogens with zero attached hydrogens (tertiary/aromatic N) is 2. The van der Waals surface area contributed by atoms with Crippen LogP contribution in [0.2, 0.25) is 0 Å². The average molecular weight is 291 g/mol. The molecule has 114 valence electrons. The van der Waals surface area contributed by atoms with Crippen molar-refractivity contribution in [1.82, 2.24) is 10.3 Å². The highest BCUT2D eigenvalue weighted by molar-refractivity contribution is 5.85. The Kier molecular flexibility index (Phi) is 4.07. The van der Waals surface area contributed by atoms with Crippen molar-refractivity contribution in [2.45, 2.75) is 38.0 Å². The second-order valence-corrected chi connectivity index (χ2v) is 5.69. The van der Waals surface area contributed by atoms with Gasteiger partial charge in [-0.15, -0.1) is 0 Å². The Labute approximate surface area is 124 Å². The summed E-state index contributed by atoms with van der Waals surface area (Å²) in [7, 11) is 0. The molecule has 2 N–H and O–H groups in total. The van der Waals surface area contributed by atoms with Crippen LogP contribution in [0.1, 0.15) is 31.4 Å². The summed E-state index contributed by atoms with van der Waals surface area (Å²) in [5.41, 5.74) is 0.769. The molecule has 1 aliphatic heterocycles. The highest BCUT2D eigenvalue weighted by Gasteiger charge is 2.33. The zero-order chi connectivity index (χ0) is 14.8. The van der Waals surface area contributed by atoms with Gasteiger partial charge in [0.25, 0.3) is 0 Å². The van der Waals surface area contributed by atoms with E-state index >= 15 is 0 Å². The van der Waals surface area contributed by atoms with E-state index in [-0.39, 0.29) is 11.9 Å². The zero-order valence-corrected chi connectivity index (χ0v) is 12.2. The average Bonchev–Trinajstić information content (AvgIpc) is 3.31. The molecule has 0 bridgehead atoms. The van der Waals surface area contributed by atoms with Gasteiger partial charge >= 0.3 is 0 Å². The second kappa shape index (κ2) is 5.99. The maximum absolute atomic E-state index is 12.3. The fourth-order valence-corrected chi connectivity index (χ4v) is 2.43. The van der Waals surface area contributed by atoms with E-state index in [0.717, 1.165) is 24.2 Å². The minimum absolute atomic E-state index is 0.0126. The molecule has 1 saturated heterocycles. The Balaban J connectivity index is 1.74. The molecule has 6 heteroatoms. The number of rotatable bonds is 4. The number of aromatic nitrogens is 1. The van der Waals surface area contributed by atoms with Gasteiger partial charge in [-0.2, -0.15) is 0 Å². The number of carbonyl (C=O) groups excluding carboxylic acids is 1. The molecule has 1 unspecified atom stereocenters. The number of hydrogen-bond acceptors (Lipinski definition) is 5. The molecule has 0 spiro atoms. The molecule has 2 atom stereocenters. The maximum atomic E-state index is 12.3. The van der Waals surface area contributed by atoms with E-state index in [0.29, 0.717) is 25.8 Å². The largest absolute Gasteiger partial charge is 0.389 e. The molecule has 3 rings (SSSR count). The van der Waals surface area contributed by atoms with E-state index in [1.807, 2.05) is 17.0 Å². The first-order chi connectivity index (χ1) is 10.1. The molecule has 6 nitrogen and oxygen atoms in total. The first-order valence-electron chi connectivity index (χ1n) is 7.44. The molecule has 2 fully saturated rings. The first-order valence-corrected chi connectivity index (χ1v) is 7.44. The Bertz CT molecular complexity index is 499. The van der Waals surface area contributed by atoms with Gasteiger partial charge in [-0.05, 0) is 31.4 Å². The molecule has 1 aliphatic carbocycles. The number of pyridine rings is 1. The number of hydrogen-bond donors (Lipinski definition) is 2. The van der Waals surface area contributed by atoms with Crippen molar-refractivity contribution in [1.29, 1.82) is 0 Å².